The fourth-order valence-corrected chi connectivity index (χ4v) is 4.30. The molecule has 0 aliphatic rings. The highest BCUT2D eigenvalue weighted by Gasteiger charge is 2.25. The first-order chi connectivity index (χ1) is 12.8. The predicted octanol–water partition coefficient (Wildman–Crippen LogP) is 4.02. The monoisotopic (exact) mass is 413 g/mol. The Labute approximate surface area is 162 Å². The fourth-order valence-electron chi connectivity index (χ4n) is 2.87. The van der Waals surface area contributed by atoms with E-state index < -0.39 is 26.7 Å². The van der Waals surface area contributed by atoms with Crippen LogP contribution in [0.4, 0.5) is 9.57 Å². The first-order valence-corrected chi connectivity index (χ1v) is 11.2. The van der Waals surface area contributed by atoms with Gasteiger partial charge in [0.05, 0.1) is 10.9 Å². The third-order valence-electron chi connectivity index (χ3n) is 4.39. The van der Waals surface area contributed by atoms with E-state index >= 15 is 0 Å². The van der Waals surface area contributed by atoms with Gasteiger partial charge in [-0.05, 0) is 50.3 Å². The van der Waals surface area contributed by atoms with E-state index in [-0.39, 0.29) is 25.8 Å². The molecule has 2 rings (SSSR count). The summed E-state index contributed by atoms with van der Waals surface area (Å²) in [4.78, 5) is 0. The molecule has 0 heterocycles. The number of hydrogen-bond acceptors (Lipinski definition) is 3. The Morgan fingerprint density at radius 1 is 1.07 bits per heavy atom. The van der Waals surface area contributed by atoms with E-state index in [9.17, 15) is 21.1 Å². The Bertz CT molecular complexity index is 842. The first-order valence-electron chi connectivity index (χ1n) is 8.70. The maximum atomic E-state index is 13.7. The molecule has 8 heteroatoms. The van der Waals surface area contributed by atoms with Gasteiger partial charge in [-0.3, -0.25) is 8.86 Å². The van der Waals surface area contributed by atoms with E-state index in [1.807, 2.05) is 49.4 Å². The van der Waals surface area contributed by atoms with Crippen LogP contribution in [0.5, 0.6) is 0 Å². The molecule has 0 aliphatic heterocycles. The summed E-state index contributed by atoms with van der Waals surface area (Å²) in [6.07, 6.45) is 1.01. The summed E-state index contributed by atoms with van der Waals surface area (Å²) in [6.45, 7) is 2.07. The molecular formula is C19H24FNO4S2. The van der Waals surface area contributed by atoms with Crippen molar-refractivity contribution >= 4 is 27.2 Å². The van der Waals surface area contributed by atoms with Crippen molar-refractivity contribution in [1.82, 2.24) is 0 Å². The second kappa shape index (κ2) is 9.96. The average Bonchev–Trinajstić information content (AvgIpc) is 2.61. The van der Waals surface area contributed by atoms with E-state index in [2.05, 4.69) is 0 Å². The first kappa shape index (κ1) is 21.5. The SMILES string of the molecule is Cc1ccc(N(CCCC(CCc2ccccc2)S(=O)(=O)F)S(=O)O)cc1. The van der Waals surface area contributed by atoms with Gasteiger partial charge >= 0.3 is 10.2 Å². The van der Waals surface area contributed by atoms with Crippen molar-refractivity contribution < 1.29 is 21.1 Å². The largest absolute Gasteiger partial charge is 0.305 e. The standard InChI is InChI=1S/C19H24FNO4S2/c1-16-9-12-18(13-10-16)21(26(22)23)15-5-8-19(27(20,24)25)14-11-17-6-3-2-4-7-17/h2-4,6-7,9-10,12-13,19H,5,8,11,14-15H2,1H3,(H,22,23). The summed E-state index contributed by atoms with van der Waals surface area (Å²) in [5.41, 5.74) is 2.53. The lowest BCUT2D eigenvalue weighted by Gasteiger charge is -2.21. The van der Waals surface area contributed by atoms with Crippen LogP contribution in [0, 0.1) is 6.92 Å². The highest BCUT2D eigenvalue weighted by atomic mass is 32.3. The van der Waals surface area contributed by atoms with Gasteiger partial charge in [0.2, 0.25) is 0 Å². The molecule has 0 aliphatic carbocycles. The van der Waals surface area contributed by atoms with Crippen LogP contribution in [-0.4, -0.2) is 29.0 Å². The highest BCUT2D eigenvalue weighted by molar-refractivity contribution is 7.87. The Morgan fingerprint density at radius 2 is 1.70 bits per heavy atom. The molecule has 5 nitrogen and oxygen atoms in total. The third kappa shape index (κ3) is 7.04. The Kier molecular flexibility index (Phi) is 7.94. The smallest absolute Gasteiger partial charge is 0.289 e. The molecule has 0 saturated carbocycles. The van der Waals surface area contributed by atoms with Crippen LogP contribution in [-0.2, 0) is 27.9 Å². The number of hydrogen-bond donors (Lipinski definition) is 1. The van der Waals surface area contributed by atoms with E-state index in [1.54, 1.807) is 12.1 Å². The molecule has 0 fully saturated rings. The Hall–Kier alpha value is -1.77. The molecule has 2 aromatic carbocycles. The topological polar surface area (TPSA) is 74.7 Å². The van der Waals surface area contributed by atoms with Gasteiger partial charge in [-0.25, -0.2) is 4.21 Å². The van der Waals surface area contributed by atoms with E-state index in [0.29, 0.717) is 12.1 Å². The van der Waals surface area contributed by atoms with Gasteiger partial charge in [0.15, 0.2) is 0 Å². The number of nitrogens with zero attached hydrogens (tertiary/aromatic N) is 1. The second-order valence-electron chi connectivity index (χ2n) is 6.43. The van der Waals surface area contributed by atoms with Crippen LogP contribution < -0.4 is 4.31 Å². The van der Waals surface area contributed by atoms with Crippen molar-refractivity contribution in [2.75, 3.05) is 10.8 Å². The van der Waals surface area contributed by atoms with Crippen molar-refractivity contribution in [3.63, 3.8) is 0 Å². The van der Waals surface area contributed by atoms with Crippen LogP contribution in [0.2, 0.25) is 0 Å². The summed E-state index contributed by atoms with van der Waals surface area (Å²) < 4.78 is 59.0. The summed E-state index contributed by atoms with van der Waals surface area (Å²) in [6, 6.07) is 16.4. The normalized spacial score (nSPS) is 13.9. The summed E-state index contributed by atoms with van der Waals surface area (Å²) >= 11 is -2.24. The summed E-state index contributed by atoms with van der Waals surface area (Å²) in [5, 5.41) is -1.12. The van der Waals surface area contributed by atoms with Crippen LogP contribution in [0.25, 0.3) is 0 Å². The summed E-state index contributed by atoms with van der Waals surface area (Å²) in [7, 11) is -4.68. The predicted molar refractivity (Wildman–Crippen MR) is 107 cm³/mol. The quantitative estimate of drug-likeness (QED) is 0.472. The highest BCUT2D eigenvalue weighted by Crippen LogP contribution is 2.21. The van der Waals surface area contributed by atoms with Gasteiger partial charge in [0.1, 0.15) is 0 Å². The lowest BCUT2D eigenvalue weighted by Crippen LogP contribution is -2.28. The van der Waals surface area contributed by atoms with Crippen molar-refractivity contribution in [3.8, 4) is 0 Å². The maximum Gasteiger partial charge on any atom is 0.305 e. The molecule has 0 bridgehead atoms. The molecule has 2 unspecified atom stereocenters. The molecule has 2 aromatic rings. The summed E-state index contributed by atoms with van der Waals surface area (Å²) in [5.74, 6) is 0. The fraction of sp³-hybridized carbons (Fsp3) is 0.368. The molecule has 0 radical (unpaired) electrons. The molecule has 0 amide bonds. The number of rotatable bonds is 10. The molecule has 148 valence electrons. The van der Waals surface area contributed by atoms with E-state index in [4.69, 9.17) is 0 Å². The van der Waals surface area contributed by atoms with E-state index in [0.717, 1.165) is 11.1 Å². The minimum Gasteiger partial charge on any atom is -0.289 e. The molecule has 0 spiro atoms. The lowest BCUT2D eigenvalue weighted by atomic mass is 10.1. The van der Waals surface area contributed by atoms with Gasteiger partial charge in [0.25, 0.3) is 11.3 Å². The lowest BCUT2D eigenvalue weighted by molar-refractivity contribution is 0.512. The number of anilines is 1. The van der Waals surface area contributed by atoms with Crippen molar-refractivity contribution in [3.05, 3.63) is 65.7 Å². The number of benzene rings is 2. The Morgan fingerprint density at radius 3 is 2.26 bits per heavy atom. The van der Waals surface area contributed by atoms with Crippen molar-refractivity contribution in [2.45, 2.75) is 37.9 Å². The second-order valence-corrected chi connectivity index (χ2v) is 8.95. The van der Waals surface area contributed by atoms with Gasteiger partial charge < -0.3 is 0 Å². The van der Waals surface area contributed by atoms with Crippen LogP contribution >= 0.6 is 0 Å². The van der Waals surface area contributed by atoms with Crippen molar-refractivity contribution in [1.29, 1.82) is 0 Å². The Balaban J connectivity index is 1.96. The van der Waals surface area contributed by atoms with Gasteiger partial charge in [-0.2, -0.15) is 8.42 Å². The molecule has 2 atom stereocenters. The zero-order valence-corrected chi connectivity index (χ0v) is 16.8. The van der Waals surface area contributed by atoms with Crippen LogP contribution in [0.1, 0.15) is 30.4 Å². The number of halogens is 1. The van der Waals surface area contributed by atoms with Gasteiger partial charge in [-0.15, -0.1) is 3.89 Å². The molecular weight excluding hydrogens is 389 g/mol. The van der Waals surface area contributed by atoms with Crippen LogP contribution in [0.15, 0.2) is 54.6 Å². The third-order valence-corrected chi connectivity index (χ3v) is 6.43. The molecule has 1 N–H and O–H groups in total. The zero-order chi connectivity index (χ0) is 19.9. The molecule has 27 heavy (non-hydrogen) atoms. The maximum absolute atomic E-state index is 13.7. The van der Waals surface area contributed by atoms with Crippen molar-refractivity contribution in [2.24, 2.45) is 0 Å². The zero-order valence-electron chi connectivity index (χ0n) is 15.1. The van der Waals surface area contributed by atoms with Gasteiger partial charge in [-0.1, -0.05) is 48.0 Å². The molecule has 0 aromatic heterocycles. The number of aryl methyl sites for hydroxylation is 2. The average molecular weight is 414 g/mol. The van der Waals surface area contributed by atoms with E-state index in [1.165, 1.54) is 4.31 Å². The minimum atomic E-state index is -4.68. The van der Waals surface area contributed by atoms with Crippen LogP contribution in [0.3, 0.4) is 0 Å². The van der Waals surface area contributed by atoms with Gasteiger partial charge in [0, 0.05) is 6.54 Å². The minimum absolute atomic E-state index is 0.0885. The molecule has 0 saturated heterocycles.